The van der Waals surface area contributed by atoms with Crippen LogP contribution in [0.4, 0.5) is 4.79 Å². The van der Waals surface area contributed by atoms with Gasteiger partial charge in [-0.25, -0.2) is 4.79 Å². The van der Waals surface area contributed by atoms with Crippen molar-refractivity contribution in [3.05, 3.63) is 0 Å². The topological polar surface area (TPSA) is 142 Å². The van der Waals surface area contributed by atoms with Crippen molar-refractivity contribution in [1.82, 2.24) is 5.32 Å². The van der Waals surface area contributed by atoms with Gasteiger partial charge in [-0.2, -0.15) is 8.42 Å². The van der Waals surface area contributed by atoms with Crippen molar-refractivity contribution in [2.24, 2.45) is 0 Å². The molecule has 0 aliphatic carbocycles. The number of hydrogen-bond donors (Lipinski definition) is 4. The first kappa shape index (κ1) is 17.1. The second kappa shape index (κ2) is 7.74. The third kappa shape index (κ3) is 7.01. The number of aliphatic hydroxyl groups excluding tert-OH is 2. The summed E-state index contributed by atoms with van der Waals surface area (Å²) in [6, 6.07) is 0. The fourth-order valence-corrected chi connectivity index (χ4v) is 2.17. The van der Waals surface area contributed by atoms with E-state index in [0.29, 0.717) is 0 Å². The Morgan fingerprint density at radius 3 is 2.70 bits per heavy atom. The maximum absolute atomic E-state index is 11.2. The van der Waals surface area contributed by atoms with E-state index in [1.54, 1.807) is 0 Å². The van der Waals surface area contributed by atoms with Gasteiger partial charge in [-0.1, -0.05) is 0 Å². The maximum atomic E-state index is 11.2. The van der Waals surface area contributed by atoms with E-state index in [9.17, 15) is 23.4 Å². The molecule has 0 radical (unpaired) electrons. The smallest absolute Gasteiger partial charge is 0.407 e. The number of aliphatic hydroxyl groups is 2. The number of carbonyl (C=O) groups is 1. The van der Waals surface area contributed by atoms with Crippen molar-refractivity contribution in [2.75, 3.05) is 25.5 Å². The minimum atomic E-state index is -4.03. The Morgan fingerprint density at radius 1 is 1.40 bits per heavy atom. The number of ether oxygens (including phenoxy) is 2. The molecule has 1 rings (SSSR count). The van der Waals surface area contributed by atoms with Crippen LogP contribution in [0.1, 0.15) is 12.8 Å². The van der Waals surface area contributed by atoms with Gasteiger partial charge in [0.15, 0.2) is 0 Å². The molecule has 0 saturated carbocycles. The second-order valence-electron chi connectivity index (χ2n) is 4.49. The number of carbonyl (C=O) groups excluding carboxylic acids is 1. The minimum absolute atomic E-state index is 0.0331. The van der Waals surface area contributed by atoms with Gasteiger partial charge in [0.05, 0.1) is 24.6 Å². The summed E-state index contributed by atoms with van der Waals surface area (Å²) in [5.41, 5.74) is 0. The highest BCUT2D eigenvalue weighted by Crippen LogP contribution is 2.14. The van der Waals surface area contributed by atoms with Crippen molar-refractivity contribution in [1.29, 1.82) is 0 Å². The van der Waals surface area contributed by atoms with Crippen LogP contribution < -0.4 is 5.32 Å². The minimum Gasteiger partial charge on any atom is -0.447 e. The lowest BCUT2D eigenvalue weighted by atomic mass is 10.0. The highest BCUT2D eigenvalue weighted by atomic mass is 32.2. The average Bonchev–Trinajstić information content (AvgIpc) is 2.32. The molecule has 2 unspecified atom stereocenters. The molecule has 1 aliphatic heterocycles. The number of nitrogens with one attached hydrogen (secondary N) is 1. The molecule has 0 aromatic carbocycles. The molecule has 1 aliphatic rings. The zero-order chi connectivity index (χ0) is 15.2. The third-order valence-electron chi connectivity index (χ3n) is 2.67. The normalized spacial score (nSPS) is 27.1. The van der Waals surface area contributed by atoms with Gasteiger partial charge in [0.2, 0.25) is 0 Å². The molecule has 9 nitrogen and oxygen atoms in total. The lowest BCUT2D eigenvalue weighted by Crippen LogP contribution is -2.44. The van der Waals surface area contributed by atoms with Gasteiger partial charge in [-0.05, 0) is 6.42 Å². The van der Waals surface area contributed by atoms with E-state index < -0.39 is 40.3 Å². The molecule has 1 amide bonds. The van der Waals surface area contributed by atoms with E-state index in [-0.39, 0.29) is 32.6 Å². The van der Waals surface area contributed by atoms with Gasteiger partial charge in [-0.3, -0.25) is 4.55 Å². The molecule has 0 aromatic heterocycles. The fourth-order valence-electron chi connectivity index (χ4n) is 1.66. The molecule has 0 aromatic rings. The summed E-state index contributed by atoms with van der Waals surface area (Å²) >= 11 is 0. The van der Waals surface area contributed by atoms with Crippen LogP contribution in [0.2, 0.25) is 0 Å². The Morgan fingerprint density at radius 2 is 2.10 bits per heavy atom. The number of alkyl carbamates (subject to hydrolysis) is 1. The monoisotopic (exact) mass is 313 g/mol. The van der Waals surface area contributed by atoms with Gasteiger partial charge in [0.25, 0.3) is 10.1 Å². The van der Waals surface area contributed by atoms with E-state index in [2.05, 4.69) is 5.32 Å². The summed E-state index contributed by atoms with van der Waals surface area (Å²) < 4.78 is 39.2. The first-order valence-electron chi connectivity index (χ1n) is 6.11. The largest absolute Gasteiger partial charge is 0.447 e. The van der Waals surface area contributed by atoms with Crippen molar-refractivity contribution < 1.29 is 37.5 Å². The van der Waals surface area contributed by atoms with Gasteiger partial charge in [0, 0.05) is 13.0 Å². The Hall–Kier alpha value is -0.940. The SMILES string of the molecule is O=C(NCCCS(=O)(=O)O)OC[C@H]1OCC(O)CC1O. The highest BCUT2D eigenvalue weighted by Gasteiger charge is 2.29. The molecule has 4 N–H and O–H groups in total. The molecule has 10 heteroatoms. The molecule has 1 fully saturated rings. The zero-order valence-electron chi connectivity index (χ0n) is 10.8. The van der Waals surface area contributed by atoms with E-state index in [0.717, 1.165) is 0 Å². The molecule has 0 spiro atoms. The molecule has 1 saturated heterocycles. The van der Waals surface area contributed by atoms with Crippen LogP contribution in [0.15, 0.2) is 0 Å². The lowest BCUT2D eigenvalue weighted by Gasteiger charge is -2.30. The summed E-state index contributed by atoms with van der Waals surface area (Å²) in [6.07, 6.45) is -2.89. The van der Waals surface area contributed by atoms with Gasteiger partial charge in [-0.15, -0.1) is 0 Å². The molecule has 118 valence electrons. The quantitative estimate of drug-likeness (QED) is 0.343. The molecular weight excluding hydrogens is 294 g/mol. The number of hydrogen-bond acceptors (Lipinski definition) is 7. The van der Waals surface area contributed by atoms with Crippen LogP contribution in [0.25, 0.3) is 0 Å². The van der Waals surface area contributed by atoms with Crippen molar-refractivity contribution in [3.63, 3.8) is 0 Å². The van der Waals surface area contributed by atoms with Gasteiger partial charge in [0.1, 0.15) is 12.7 Å². The number of amides is 1. The summed E-state index contributed by atoms with van der Waals surface area (Å²) in [5, 5.41) is 21.1. The Balaban J connectivity index is 2.14. The van der Waals surface area contributed by atoms with E-state index >= 15 is 0 Å². The predicted octanol–water partition coefficient (Wildman–Crippen LogP) is -1.50. The average molecular weight is 313 g/mol. The molecule has 1 heterocycles. The van der Waals surface area contributed by atoms with E-state index in [1.165, 1.54) is 0 Å². The standard InChI is InChI=1S/C10H19NO8S/c12-7-4-8(13)9(18-5-7)6-19-10(14)11-2-1-3-20(15,16)17/h7-9,12-13H,1-6H2,(H,11,14)(H,15,16,17)/t7?,8?,9-/m1/s1. The lowest BCUT2D eigenvalue weighted by molar-refractivity contribution is -0.137. The van der Waals surface area contributed by atoms with Crippen molar-refractivity contribution in [2.45, 2.75) is 31.2 Å². The first-order valence-corrected chi connectivity index (χ1v) is 7.72. The molecule has 20 heavy (non-hydrogen) atoms. The zero-order valence-corrected chi connectivity index (χ0v) is 11.6. The van der Waals surface area contributed by atoms with Crippen LogP contribution in [-0.4, -0.2) is 73.1 Å². The third-order valence-corrected chi connectivity index (χ3v) is 3.48. The van der Waals surface area contributed by atoms with E-state index in [4.69, 9.17) is 14.0 Å². The van der Waals surface area contributed by atoms with E-state index in [1.807, 2.05) is 0 Å². The molecular formula is C10H19NO8S. The summed E-state index contributed by atoms with van der Waals surface area (Å²) in [4.78, 5) is 11.2. The summed E-state index contributed by atoms with van der Waals surface area (Å²) in [7, 11) is -4.03. The molecule has 0 bridgehead atoms. The van der Waals surface area contributed by atoms with Gasteiger partial charge < -0.3 is 25.0 Å². The first-order chi connectivity index (χ1) is 9.28. The van der Waals surface area contributed by atoms with Crippen LogP contribution in [0, 0.1) is 0 Å². The second-order valence-corrected chi connectivity index (χ2v) is 6.07. The number of rotatable bonds is 6. The van der Waals surface area contributed by atoms with Crippen LogP contribution in [0.3, 0.4) is 0 Å². The molecule has 3 atom stereocenters. The van der Waals surface area contributed by atoms with Crippen LogP contribution >= 0.6 is 0 Å². The highest BCUT2D eigenvalue weighted by molar-refractivity contribution is 7.85. The Kier molecular flexibility index (Phi) is 6.62. The summed E-state index contributed by atoms with van der Waals surface area (Å²) in [6.45, 7) is -0.0650. The van der Waals surface area contributed by atoms with Crippen LogP contribution in [0.5, 0.6) is 0 Å². The van der Waals surface area contributed by atoms with Gasteiger partial charge >= 0.3 is 6.09 Å². The Labute approximate surface area is 116 Å². The summed E-state index contributed by atoms with van der Waals surface area (Å²) in [5.74, 6) is -0.449. The fraction of sp³-hybridized carbons (Fsp3) is 0.900. The van der Waals surface area contributed by atoms with Crippen molar-refractivity contribution >= 4 is 16.2 Å². The maximum Gasteiger partial charge on any atom is 0.407 e. The van der Waals surface area contributed by atoms with Crippen LogP contribution in [-0.2, 0) is 19.6 Å². The van der Waals surface area contributed by atoms with Crippen molar-refractivity contribution in [3.8, 4) is 0 Å². The predicted molar refractivity (Wildman–Crippen MR) is 66.8 cm³/mol. The Bertz CT molecular complexity index is 411.